The summed E-state index contributed by atoms with van der Waals surface area (Å²) < 4.78 is 5.33. The fourth-order valence-corrected chi connectivity index (χ4v) is 2.66. The van der Waals surface area contributed by atoms with Crippen LogP contribution in [-0.2, 0) is 4.74 Å². The average molecular weight is 298 g/mol. The lowest BCUT2D eigenvalue weighted by Crippen LogP contribution is -2.42. The first-order valence-electron chi connectivity index (χ1n) is 8.50. The lowest BCUT2D eigenvalue weighted by Gasteiger charge is -2.29. The molecule has 5 nitrogen and oxygen atoms in total. The van der Waals surface area contributed by atoms with Crippen LogP contribution in [0.25, 0.3) is 0 Å². The lowest BCUT2D eigenvalue weighted by molar-refractivity contribution is 0.145. The van der Waals surface area contributed by atoms with Crippen molar-refractivity contribution in [3.63, 3.8) is 0 Å². The first kappa shape index (κ1) is 18.2. The molecule has 1 aliphatic rings. The van der Waals surface area contributed by atoms with Crippen molar-refractivity contribution in [2.24, 2.45) is 10.9 Å². The van der Waals surface area contributed by atoms with Gasteiger partial charge in [0.2, 0.25) is 0 Å². The smallest absolute Gasteiger partial charge is 0.190 e. The van der Waals surface area contributed by atoms with E-state index in [1.54, 1.807) is 0 Å². The van der Waals surface area contributed by atoms with Gasteiger partial charge in [-0.3, -0.25) is 4.99 Å². The summed E-state index contributed by atoms with van der Waals surface area (Å²) in [5, 5.41) is 6.75. The van der Waals surface area contributed by atoms with Crippen molar-refractivity contribution in [2.45, 2.75) is 39.5 Å². The Hall–Kier alpha value is -0.810. The number of guanidine groups is 1. The summed E-state index contributed by atoms with van der Waals surface area (Å²) in [4.78, 5) is 6.86. The number of piperidine rings is 1. The number of hydrogen-bond acceptors (Lipinski definition) is 3. The molecule has 0 aromatic heterocycles. The van der Waals surface area contributed by atoms with Crippen molar-refractivity contribution >= 4 is 5.96 Å². The zero-order chi connectivity index (χ0) is 15.3. The van der Waals surface area contributed by atoms with Crippen LogP contribution < -0.4 is 10.6 Å². The van der Waals surface area contributed by atoms with Crippen molar-refractivity contribution in [3.8, 4) is 0 Å². The molecule has 5 heteroatoms. The molecule has 0 aromatic rings. The average Bonchev–Trinajstić information content (AvgIpc) is 2.51. The molecule has 0 amide bonds. The van der Waals surface area contributed by atoms with E-state index in [0.717, 1.165) is 38.7 Å². The summed E-state index contributed by atoms with van der Waals surface area (Å²) in [5.41, 5.74) is 0. The largest absolute Gasteiger partial charge is 0.382 e. The molecule has 21 heavy (non-hydrogen) atoms. The van der Waals surface area contributed by atoms with Crippen LogP contribution in [0.2, 0.25) is 0 Å². The van der Waals surface area contributed by atoms with E-state index in [0.29, 0.717) is 5.92 Å². The van der Waals surface area contributed by atoms with Gasteiger partial charge in [-0.05, 0) is 45.2 Å². The summed E-state index contributed by atoms with van der Waals surface area (Å²) in [6.45, 7) is 11.5. The Morgan fingerprint density at radius 2 is 2.00 bits per heavy atom. The molecule has 1 atom stereocenters. The molecule has 1 fully saturated rings. The quantitative estimate of drug-likeness (QED) is 0.386. The maximum absolute atomic E-state index is 5.33. The summed E-state index contributed by atoms with van der Waals surface area (Å²) in [6.07, 6.45) is 5.14. The molecule has 0 saturated carbocycles. The van der Waals surface area contributed by atoms with E-state index in [-0.39, 0.29) is 0 Å². The molecule has 0 radical (unpaired) electrons. The topological polar surface area (TPSA) is 48.9 Å². The fraction of sp³-hybridized carbons (Fsp3) is 0.938. The monoisotopic (exact) mass is 298 g/mol. The van der Waals surface area contributed by atoms with Gasteiger partial charge in [0.25, 0.3) is 0 Å². The Labute approximate surface area is 130 Å². The van der Waals surface area contributed by atoms with Gasteiger partial charge in [-0.1, -0.05) is 13.3 Å². The normalized spacial score (nSPS) is 18.5. The summed E-state index contributed by atoms with van der Waals surface area (Å²) in [7, 11) is 1.83. The van der Waals surface area contributed by atoms with Gasteiger partial charge in [0, 0.05) is 39.9 Å². The molecular formula is C16H34N4O. The Morgan fingerprint density at radius 3 is 2.67 bits per heavy atom. The Morgan fingerprint density at radius 1 is 1.24 bits per heavy atom. The highest BCUT2D eigenvalue weighted by molar-refractivity contribution is 5.79. The zero-order valence-electron chi connectivity index (χ0n) is 14.2. The number of nitrogens with zero attached hydrogens (tertiary/aromatic N) is 2. The molecule has 1 heterocycles. The number of hydrogen-bond donors (Lipinski definition) is 2. The van der Waals surface area contributed by atoms with E-state index in [2.05, 4.69) is 27.4 Å². The third-order valence-corrected chi connectivity index (χ3v) is 3.82. The van der Waals surface area contributed by atoms with Gasteiger partial charge in [0.15, 0.2) is 5.96 Å². The second kappa shape index (κ2) is 11.8. The van der Waals surface area contributed by atoms with E-state index in [1.807, 2.05) is 14.0 Å². The fourth-order valence-electron chi connectivity index (χ4n) is 2.66. The molecule has 124 valence electrons. The van der Waals surface area contributed by atoms with Crippen molar-refractivity contribution in [2.75, 3.05) is 53.0 Å². The van der Waals surface area contributed by atoms with Crippen LogP contribution in [0.1, 0.15) is 39.5 Å². The summed E-state index contributed by atoms with van der Waals surface area (Å²) in [6, 6.07) is 0. The highest BCUT2D eigenvalue weighted by Crippen LogP contribution is 2.10. The molecule has 1 unspecified atom stereocenters. The molecule has 0 spiro atoms. The van der Waals surface area contributed by atoms with Gasteiger partial charge < -0.3 is 20.3 Å². The van der Waals surface area contributed by atoms with Crippen LogP contribution >= 0.6 is 0 Å². The number of rotatable bonds is 9. The van der Waals surface area contributed by atoms with Crippen molar-refractivity contribution in [1.29, 1.82) is 0 Å². The molecule has 1 saturated heterocycles. The second-order valence-electron chi connectivity index (χ2n) is 5.90. The molecule has 1 aliphatic heterocycles. The maximum atomic E-state index is 5.33. The van der Waals surface area contributed by atoms with Gasteiger partial charge in [-0.15, -0.1) is 0 Å². The third-order valence-electron chi connectivity index (χ3n) is 3.82. The molecule has 0 bridgehead atoms. The van der Waals surface area contributed by atoms with E-state index in [1.165, 1.54) is 38.9 Å². The van der Waals surface area contributed by atoms with Crippen LogP contribution in [0.3, 0.4) is 0 Å². The van der Waals surface area contributed by atoms with Gasteiger partial charge in [-0.2, -0.15) is 0 Å². The van der Waals surface area contributed by atoms with Crippen LogP contribution in [-0.4, -0.2) is 63.8 Å². The SMILES string of the molecule is CCOCCCNC(=NC)NCC(C)CN1CCCCC1. The van der Waals surface area contributed by atoms with Crippen molar-refractivity contribution in [3.05, 3.63) is 0 Å². The molecule has 0 aliphatic carbocycles. The van der Waals surface area contributed by atoms with Crippen molar-refractivity contribution < 1.29 is 4.74 Å². The van der Waals surface area contributed by atoms with Crippen LogP contribution in [0.4, 0.5) is 0 Å². The molecular weight excluding hydrogens is 264 g/mol. The van der Waals surface area contributed by atoms with Gasteiger partial charge in [-0.25, -0.2) is 0 Å². The highest BCUT2D eigenvalue weighted by Gasteiger charge is 2.13. The van der Waals surface area contributed by atoms with Crippen LogP contribution in [0.15, 0.2) is 4.99 Å². The summed E-state index contributed by atoms with van der Waals surface area (Å²) in [5.74, 6) is 1.54. The Balaban J connectivity index is 2.09. The van der Waals surface area contributed by atoms with Gasteiger partial charge in [0.1, 0.15) is 0 Å². The van der Waals surface area contributed by atoms with E-state index < -0.39 is 0 Å². The minimum absolute atomic E-state index is 0.644. The number of aliphatic imine (C=N–C) groups is 1. The van der Waals surface area contributed by atoms with E-state index in [9.17, 15) is 0 Å². The first-order chi connectivity index (χ1) is 10.3. The summed E-state index contributed by atoms with van der Waals surface area (Å²) >= 11 is 0. The van der Waals surface area contributed by atoms with E-state index in [4.69, 9.17) is 4.74 Å². The van der Waals surface area contributed by atoms with E-state index >= 15 is 0 Å². The first-order valence-corrected chi connectivity index (χ1v) is 8.50. The lowest BCUT2D eigenvalue weighted by atomic mass is 10.1. The zero-order valence-corrected chi connectivity index (χ0v) is 14.2. The number of likely N-dealkylation sites (tertiary alicyclic amines) is 1. The number of ether oxygens (including phenoxy) is 1. The maximum Gasteiger partial charge on any atom is 0.190 e. The minimum atomic E-state index is 0.644. The van der Waals surface area contributed by atoms with Crippen molar-refractivity contribution in [1.82, 2.24) is 15.5 Å². The van der Waals surface area contributed by atoms with Crippen LogP contribution in [0, 0.1) is 5.92 Å². The van der Waals surface area contributed by atoms with Gasteiger partial charge in [0.05, 0.1) is 0 Å². The molecule has 2 N–H and O–H groups in total. The second-order valence-corrected chi connectivity index (χ2v) is 5.90. The predicted octanol–water partition coefficient (Wildman–Crippen LogP) is 1.70. The Bertz CT molecular complexity index is 277. The minimum Gasteiger partial charge on any atom is -0.382 e. The number of nitrogens with one attached hydrogen (secondary N) is 2. The third kappa shape index (κ3) is 8.94. The molecule has 0 aromatic carbocycles. The highest BCUT2D eigenvalue weighted by atomic mass is 16.5. The standard InChI is InChI=1S/C16H34N4O/c1-4-21-12-8-9-18-16(17-3)19-13-15(2)14-20-10-6-5-7-11-20/h15H,4-14H2,1-3H3,(H2,17,18,19). The van der Waals surface area contributed by atoms with Gasteiger partial charge >= 0.3 is 0 Å². The van der Waals surface area contributed by atoms with Crippen LogP contribution in [0.5, 0.6) is 0 Å². The Kier molecular flexibility index (Phi) is 10.3. The molecule has 1 rings (SSSR count). The predicted molar refractivity (Wildman–Crippen MR) is 89.9 cm³/mol.